The molecule has 0 atom stereocenters. The van der Waals surface area contributed by atoms with Crippen molar-refractivity contribution in [3.8, 4) is 0 Å². The summed E-state index contributed by atoms with van der Waals surface area (Å²) >= 11 is 1.77. The standard InChI is InChI=1S/C14H22N6S/c1-11-12(2)21-13(19-11)5-7-16-14(15-3)17-8-10-20-9-4-6-18-20/h4,6,9H,5,7-8,10H2,1-3H3,(H2,15,16,17). The predicted molar refractivity (Wildman–Crippen MR) is 86.9 cm³/mol. The van der Waals surface area contributed by atoms with Crippen molar-refractivity contribution in [1.29, 1.82) is 0 Å². The molecule has 6 nitrogen and oxygen atoms in total. The molecule has 2 heterocycles. The Balaban J connectivity index is 1.68. The van der Waals surface area contributed by atoms with Gasteiger partial charge in [-0.2, -0.15) is 5.10 Å². The maximum atomic E-state index is 4.54. The zero-order valence-electron chi connectivity index (χ0n) is 12.8. The molecule has 2 aromatic rings. The van der Waals surface area contributed by atoms with Gasteiger partial charge in [0.05, 0.1) is 17.2 Å². The average molecular weight is 306 g/mol. The van der Waals surface area contributed by atoms with Crippen LogP contribution in [0.3, 0.4) is 0 Å². The first-order valence-corrected chi connectivity index (χ1v) is 7.85. The SMILES string of the molecule is CN=C(NCCc1nc(C)c(C)s1)NCCn1cccn1. The molecule has 0 unspecified atom stereocenters. The molecule has 21 heavy (non-hydrogen) atoms. The van der Waals surface area contributed by atoms with Crippen LogP contribution in [0, 0.1) is 13.8 Å². The Kier molecular flexibility index (Phi) is 5.74. The van der Waals surface area contributed by atoms with E-state index >= 15 is 0 Å². The minimum absolute atomic E-state index is 0.789. The molecule has 0 amide bonds. The molecule has 7 heteroatoms. The van der Waals surface area contributed by atoms with Gasteiger partial charge in [-0.3, -0.25) is 9.67 Å². The molecular weight excluding hydrogens is 284 g/mol. The lowest BCUT2D eigenvalue weighted by molar-refractivity contribution is 0.597. The fourth-order valence-electron chi connectivity index (χ4n) is 1.88. The van der Waals surface area contributed by atoms with Gasteiger partial charge >= 0.3 is 0 Å². The van der Waals surface area contributed by atoms with Crippen molar-refractivity contribution >= 4 is 17.3 Å². The van der Waals surface area contributed by atoms with Crippen LogP contribution in [0.4, 0.5) is 0 Å². The quantitative estimate of drug-likeness (QED) is 0.625. The zero-order chi connectivity index (χ0) is 15.1. The number of guanidine groups is 1. The summed E-state index contributed by atoms with van der Waals surface area (Å²) in [7, 11) is 1.78. The Labute approximate surface area is 129 Å². The lowest BCUT2D eigenvalue weighted by Gasteiger charge is -2.11. The lowest BCUT2D eigenvalue weighted by atomic mass is 10.4. The Morgan fingerprint density at radius 3 is 2.76 bits per heavy atom. The molecule has 0 radical (unpaired) electrons. The van der Waals surface area contributed by atoms with E-state index in [0.717, 1.165) is 37.7 Å². The van der Waals surface area contributed by atoms with E-state index in [1.807, 2.05) is 16.9 Å². The number of hydrogen-bond acceptors (Lipinski definition) is 4. The molecule has 2 aromatic heterocycles. The highest BCUT2D eigenvalue weighted by molar-refractivity contribution is 7.11. The summed E-state index contributed by atoms with van der Waals surface area (Å²) in [6, 6.07) is 1.92. The van der Waals surface area contributed by atoms with Crippen LogP contribution < -0.4 is 10.6 Å². The van der Waals surface area contributed by atoms with Crippen LogP contribution in [0.25, 0.3) is 0 Å². The Morgan fingerprint density at radius 1 is 1.33 bits per heavy atom. The number of aliphatic imine (C=N–C) groups is 1. The maximum Gasteiger partial charge on any atom is 0.191 e. The minimum Gasteiger partial charge on any atom is -0.356 e. The van der Waals surface area contributed by atoms with Gasteiger partial charge in [-0.25, -0.2) is 4.98 Å². The third-order valence-electron chi connectivity index (χ3n) is 3.12. The number of hydrogen-bond donors (Lipinski definition) is 2. The number of rotatable bonds is 6. The maximum absolute atomic E-state index is 4.54. The van der Waals surface area contributed by atoms with E-state index < -0.39 is 0 Å². The van der Waals surface area contributed by atoms with Crippen LogP contribution in [-0.4, -0.2) is 40.9 Å². The fraction of sp³-hybridized carbons (Fsp3) is 0.500. The number of aryl methyl sites for hydroxylation is 2. The monoisotopic (exact) mass is 306 g/mol. The van der Waals surface area contributed by atoms with E-state index in [4.69, 9.17) is 0 Å². The summed E-state index contributed by atoms with van der Waals surface area (Å²) in [6.45, 7) is 6.60. The van der Waals surface area contributed by atoms with Gasteiger partial charge in [0.15, 0.2) is 5.96 Å². The van der Waals surface area contributed by atoms with Crippen molar-refractivity contribution in [3.05, 3.63) is 34.0 Å². The van der Waals surface area contributed by atoms with Gasteiger partial charge in [-0.1, -0.05) is 0 Å². The van der Waals surface area contributed by atoms with Gasteiger partial charge in [0.1, 0.15) is 0 Å². The summed E-state index contributed by atoms with van der Waals surface area (Å²) in [6.07, 6.45) is 4.65. The van der Waals surface area contributed by atoms with Gasteiger partial charge in [-0.15, -0.1) is 11.3 Å². The minimum atomic E-state index is 0.789. The highest BCUT2D eigenvalue weighted by Crippen LogP contribution is 2.16. The van der Waals surface area contributed by atoms with Crippen LogP contribution in [0.5, 0.6) is 0 Å². The van der Waals surface area contributed by atoms with Gasteiger partial charge in [0.25, 0.3) is 0 Å². The topological polar surface area (TPSA) is 67.1 Å². The molecule has 0 fully saturated rings. The van der Waals surface area contributed by atoms with Gasteiger partial charge in [-0.05, 0) is 19.9 Å². The van der Waals surface area contributed by atoms with Crippen molar-refractivity contribution in [3.63, 3.8) is 0 Å². The van der Waals surface area contributed by atoms with Gasteiger partial charge in [0, 0.05) is 43.8 Å². The predicted octanol–water partition coefficient (Wildman–Crippen LogP) is 1.36. The van der Waals surface area contributed by atoms with E-state index in [9.17, 15) is 0 Å². The van der Waals surface area contributed by atoms with Crippen LogP contribution in [0.1, 0.15) is 15.6 Å². The molecule has 0 saturated heterocycles. The summed E-state index contributed by atoms with van der Waals surface area (Å²) < 4.78 is 1.89. The fourth-order valence-corrected chi connectivity index (χ4v) is 2.81. The molecule has 0 aromatic carbocycles. The highest BCUT2D eigenvalue weighted by Gasteiger charge is 2.04. The smallest absolute Gasteiger partial charge is 0.191 e. The average Bonchev–Trinajstić information content (AvgIpc) is 3.08. The molecular formula is C14H22N6S. The van der Waals surface area contributed by atoms with Crippen LogP contribution >= 0.6 is 11.3 Å². The molecule has 0 aliphatic rings. The number of thiazole rings is 1. The molecule has 0 saturated carbocycles. The van der Waals surface area contributed by atoms with Crippen molar-refractivity contribution in [2.45, 2.75) is 26.8 Å². The Morgan fingerprint density at radius 2 is 2.14 bits per heavy atom. The number of aromatic nitrogens is 3. The van der Waals surface area contributed by atoms with E-state index in [1.54, 1.807) is 24.6 Å². The van der Waals surface area contributed by atoms with Crippen LogP contribution in [-0.2, 0) is 13.0 Å². The summed E-state index contributed by atoms with van der Waals surface area (Å²) in [5, 5.41) is 11.9. The van der Waals surface area contributed by atoms with Crippen molar-refractivity contribution in [1.82, 2.24) is 25.4 Å². The third kappa shape index (κ3) is 4.86. The largest absolute Gasteiger partial charge is 0.356 e. The second-order valence-corrected chi connectivity index (χ2v) is 5.98. The Hall–Kier alpha value is -1.89. The van der Waals surface area contributed by atoms with E-state index in [0.29, 0.717) is 0 Å². The van der Waals surface area contributed by atoms with Crippen LogP contribution in [0.15, 0.2) is 23.5 Å². The summed E-state index contributed by atoms with van der Waals surface area (Å²) in [4.78, 5) is 10.0. The van der Waals surface area contributed by atoms with Crippen molar-refractivity contribution < 1.29 is 0 Å². The normalized spacial score (nSPS) is 11.7. The van der Waals surface area contributed by atoms with Gasteiger partial charge < -0.3 is 10.6 Å². The van der Waals surface area contributed by atoms with E-state index in [1.165, 1.54) is 9.88 Å². The summed E-state index contributed by atoms with van der Waals surface area (Å²) in [5.41, 5.74) is 1.14. The van der Waals surface area contributed by atoms with Crippen molar-refractivity contribution in [2.75, 3.05) is 20.1 Å². The second kappa shape index (κ2) is 7.78. The number of nitrogens with zero attached hydrogens (tertiary/aromatic N) is 4. The first-order valence-electron chi connectivity index (χ1n) is 7.04. The number of nitrogens with one attached hydrogen (secondary N) is 2. The first kappa shape index (κ1) is 15.5. The third-order valence-corrected chi connectivity index (χ3v) is 4.25. The summed E-state index contributed by atoms with van der Waals surface area (Å²) in [5.74, 6) is 0.812. The molecule has 2 rings (SSSR count). The highest BCUT2D eigenvalue weighted by atomic mass is 32.1. The zero-order valence-corrected chi connectivity index (χ0v) is 13.6. The Bertz CT molecular complexity index is 553. The van der Waals surface area contributed by atoms with Crippen LogP contribution in [0.2, 0.25) is 0 Å². The molecule has 2 N–H and O–H groups in total. The molecule has 0 bridgehead atoms. The molecule has 0 aliphatic heterocycles. The first-order chi connectivity index (χ1) is 10.2. The molecule has 114 valence electrons. The molecule has 0 aliphatic carbocycles. The van der Waals surface area contributed by atoms with E-state index in [-0.39, 0.29) is 0 Å². The van der Waals surface area contributed by atoms with E-state index in [2.05, 4.69) is 39.6 Å². The lowest BCUT2D eigenvalue weighted by Crippen LogP contribution is -2.39. The van der Waals surface area contributed by atoms with Gasteiger partial charge in [0.2, 0.25) is 0 Å². The molecule has 0 spiro atoms. The van der Waals surface area contributed by atoms with Crippen molar-refractivity contribution in [2.24, 2.45) is 4.99 Å². The second-order valence-electron chi connectivity index (χ2n) is 4.69.